The van der Waals surface area contributed by atoms with Gasteiger partial charge >= 0.3 is 6.03 Å². The summed E-state index contributed by atoms with van der Waals surface area (Å²) >= 11 is 0. The van der Waals surface area contributed by atoms with Crippen LogP contribution < -0.4 is 15.5 Å². The Morgan fingerprint density at radius 1 is 1.11 bits per heavy atom. The molecule has 3 rings (SSSR count). The van der Waals surface area contributed by atoms with Gasteiger partial charge in [0, 0.05) is 30.4 Å². The second kappa shape index (κ2) is 9.80. The summed E-state index contributed by atoms with van der Waals surface area (Å²) in [6, 6.07) is 11.9. The molecule has 184 valence electrons. The van der Waals surface area contributed by atoms with Gasteiger partial charge < -0.3 is 19.9 Å². The van der Waals surface area contributed by atoms with Gasteiger partial charge in [-0.25, -0.2) is 9.78 Å². The summed E-state index contributed by atoms with van der Waals surface area (Å²) in [5, 5.41) is 16.0. The molecule has 1 heterocycles. The quantitative estimate of drug-likeness (QED) is 0.445. The van der Waals surface area contributed by atoms with E-state index < -0.39 is 11.6 Å². The summed E-state index contributed by atoms with van der Waals surface area (Å²) in [6.07, 6.45) is 5.84. The summed E-state index contributed by atoms with van der Waals surface area (Å²) in [6.45, 7) is 9.62. The molecule has 0 saturated heterocycles. The minimum absolute atomic E-state index is 0.000278. The minimum atomic E-state index is -1.06. The molecule has 0 aliphatic carbocycles. The normalized spacial score (nSPS) is 11.7. The van der Waals surface area contributed by atoms with Crippen LogP contribution in [0, 0.1) is 17.8 Å². The van der Waals surface area contributed by atoms with Crippen molar-refractivity contribution in [3.8, 4) is 12.3 Å². The molecule has 3 aromatic rings. The first kappa shape index (κ1) is 25.8. The molecule has 0 unspecified atom stereocenters. The summed E-state index contributed by atoms with van der Waals surface area (Å²) in [4.78, 5) is 31.6. The molecule has 3 amide bonds. The molecule has 0 saturated carbocycles. The number of hydrogen-bond acceptors (Lipinski definition) is 4. The van der Waals surface area contributed by atoms with Crippen molar-refractivity contribution >= 4 is 40.3 Å². The van der Waals surface area contributed by atoms with Crippen molar-refractivity contribution in [3.63, 3.8) is 0 Å². The molecular weight excluding hydrogens is 442 g/mol. The number of anilines is 3. The van der Waals surface area contributed by atoms with Crippen molar-refractivity contribution in [2.45, 2.75) is 53.2 Å². The molecule has 1 aromatic heterocycles. The molecule has 35 heavy (non-hydrogen) atoms. The van der Waals surface area contributed by atoms with Crippen LogP contribution in [0.3, 0.4) is 0 Å². The van der Waals surface area contributed by atoms with Gasteiger partial charge in [0.2, 0.25) is 11.9 Å². The number of imidazole rings is 1. The van der Waals surface area contributed by atoms with E-state index in [1.165, 1.54) is 0 Å². The van der Waals surface area contributed by atoms with Gasteiger partial charge in [-0.05, 0) is 55.7 Å². The van der Waals surface area contributed by atoms with Gasteiger partial charge in [-0.3, -0.25) is 10.1 Å². The van der Waals surface area contributed by atoms with E-state index in [9.17, 15) is 14.7 Å². The van der Waals surface area contributed by atoms with E-state index in [2.05, 4.69) is 21.5 Å². The molecule has 0 radical (unpaired) electrons. The van der Waals surface area contributed by atoms with Crippen molar-refractivity contribution < 1.29 is 14.7 Å². The van der Waals surface area contributed by atoms with Gasteiger partial charge in [-0.15, -0.1) is 6.42 Å². The second-order valence-corrected chi connectivity index (χ2v) is 10.5. The largest absolute Gasteiger partial charge is 0.389 e. The first-order valence-electron chi connectivity index (χ1n) is 11.4. The van der Waals surface area contributed by atoms with Crippen molar-refractivity contribution in [2.75, 3.05) is 22.6 Å². The zero-order valence-electron chi connectivity index (χ0n) is 21.1. The van der Waals surface area contributed by atoms with E-state index in [4.69, 9.17) is 6.42 Å². The zero-order valence-corrected chi connectivity index (χ0v) is 21.1. The smallest absolute Gasteiger partial charge is 0.326 e. The maximum Gasteiger partial charge on any atom is 0.326 e. The second-order valence-electron chi connectivity index (χ2n) is 10.5. The van der Waals surface area contributed by atoms with Crippen LogP contribution in [0.4, 0.5) is 22.1 Å². The maximum absolute atomic E-state index is 12.7. The van der Waals surface area contributed by atoms with E-state index in [1.807, 2.05) is 32.9 Å². The minimum Gasteiger partial charge on any atom is -0.389 e. The predicted octanol–water partition coefficient (Wildman–Crippen LogP) is 4.83. The first-order chi connectivity index (χ1) is 16.3. The van der Waals surface area contributed by atoms with Crippen LogP contribution in [0.2, 0.25) is 0 Å². The van der Waals surface area contributed by atoms with Crippen molar-refractivity contribution in [2.24, 2.45) is 5.41 Å². The molecule has 8 heteroatoms. The number of amides is 3. The van der Waals surface area contributed by atoms with Gasteiger partial charge in [-0.2, -0.15) is 0 Å². The summed E-state index contributed by atoms with van der Waals surface area (Å²) < 4.78 is 1.74. The van der Waals surface area contributed by atoms with Crippen LogP contribution in [-0.4, -0.2) is 39.2 Å². The average Bonchev–Trinajstić information content (AvgIpc) is 3.06. The highest BCUT2D eigenvalue weighted by molar-refractivity contribution is 6.00. The van der Waals surface area contributed by atoms with Gasteiger partial charge in [-0.1, -0.05) is 32.8 Å². The Kier molecular flexibility index (Phi) is 7.22. The highest BCUT2D eigenvalue weighted by Crippen LogP contribution is 2.28. The molecule has 0 aliphatic rings. The number of carbonyl (C=O) groups excluding carboxylic acids is 2. The van der Waals surface area contributed by atoms with Gasteiger partial charge in [0.05, 0.1) is 23.2 Å². The number of nitrogens with zero attached hydrogens (tertiary/aromatic N) is 3. The number of terminal acetylenes is 1. The van der Waals surface area contributed by atoms with Gasteiger partial charge in [0.15, 0.2) is 0 Å². The van der Waals surface area contributed by atoms with Gasteiger partial charge in [0.25, 0.3) is 0 Å². The lowest BCUT2D eigenvalue weighted by atomic mass is 9.91. The summed E-state index contributed by atoms with van der Waals surface area (Å²) in [5.41, 5.74) is 2.01. The lowest BCUT2D eigenvalue weighted by Gasteiger charge is -2.23. The topological polar surface area (TPSA) is 99.5 Å². The maximum atomic E-state index is 12.7. The fraction of sp³-hybridized carbons (Fsp3) is 0.370. The molecule has 0 fully saturated rings. The van der Waals surface area contributed by atoms with Crippen LogP contribution >= 0.6 is 0 Å². The molecule has 8 nitrogen and oxygen atoms in total. The Morgan fingerprint density at radius 3 is 2.46 bits per heavy atom. The third-order valence-corrected chi connectivity index (χ3v) is 5.23. The number of rotatable bonds is 6. The molecule has 0 bridgehead atoms. The third-order valence-electron chi connectivity index (χ3n) is 5.23. The third kappa shape index (κ3) is 6.84. The average molecular weight is 476 g/mol. The highest BCUT2D eigenvalue weighted by atomic mass is 16.3. The van der Waals surface area contributed by atoms with E-state index in [0.717, 1.165) is 5.52 Å². The van der Waals surface area contributed by atoms with Gasteiger partial charge in [0.1, 0.15) is 0 Å². The molecule has 2 aromatic carbocycles. The van der Waals surface area contributed by atoms with E-state index >= 15 is 0 Å². The standard InChI is InChI=1S/C27H33N5O3/c1-8-18-10-9-11-19(14-18)28-25(34)30-24-29-21-15-20(31(7)23(33)16-26(2,3)4)12-13-22(21)32(24)17-27(5,6)35/h1,9-15,35H,16-17H2,2-7H3,(H2,28,29,30,34). The van der Waals surface area contributed by atoms with Crippen LogP contribution in [0.25, 0.3) is 11.0 Å². The Hall–Kier alpha value is -3.83. The van der Waals surface area contributed by atoms with Crippen LogP contribution in [-0.2, 0) is 11.3 Å². The monoisotopic (exact) mass is 475 g/mol. The Bertz CT molecular complexity index is 1290. The Morgan fingerprint density at radius 2 is 1.83 bits per heavy atom. The van der Waals surface area contributed by atoms with Crippen molar-refractivity contribution in [3.05, 3.63) is 48.0 Å². The Labute approximate surface area is 206 Å². The number of benzene rings is 2. The van der Waals surface area contributed by atoms with Crippen LogP contribution in [0.1, 0.15) is 46.6 Å². The number of fused-ring (bicyclic) bond motifs is 1. The zero-order chi connectivity index (χ0) is 26.0. The summed E-state index contributed by atoms with van der Waals surface area (Å²) in [5.74, 6) is 2.81. The lowest BCUT2D eigenvalue weighted by molar-refractivity contribution is -0.120. The lowest BCUT2D eigenvalue weighted by Crippen LogP contribution is -2.29. The van der Waals surface area contributed by atoms with Crippen molar-refractivity contribution in [1.29, 1.82) is 0 Å². The van der Waals surface area contributed by atoms with Crippen molar-refractivity contribution in [1.82, 2.24) is 9.55 Å². The molecule has 0 spiro atoms. The van der Waals surface area contributed by atoms with E-state index in [0.29, 0.717) is 28.9 Å². The first-order valence-corrected chi connectivity index (χ1v) is 11.4. The molecule has 0 atom stereocenters. The van der Waals surface area contributed by atoms with Crippen LogP contribution in [0.5, 0.6) is 0 Å². The number of aromatic nitrogens is 2. The SMILES string of the molecule is C#Cc1cccc(NC(=O)Nc2nc3cc(N(C)C(=O)CC(C)(C)C)ccc3n2CC(C)(C)O)c1. The number of urea groups is 1. The molecule has 3 N–H and O–H groups in total. The molecule has 0 aliphatic heterocycles. The summed E-state index contributed by atoms with van der Waals surface area (Å²) in [7, 11) is 1.74. The van der Waals surface area contributed by atoms with Crippen LogP contribution in [0.15, 0.2) is 42.5 Å². The molecular formula is C27H33N5O3. The predicted molar refractivity (Wildman–Crippen MR) is 141 cm³/mol. The number of aliphatic hydroxyl groups is 1. The number of nitrogens with one attached hydrogen (secondary N) is 2. The van der Waals surface area contributed by atoms with E-state index in [-0.39, 0.29) is 23.8 Å². The number of hydrogen-bond donors (Lipinski definition) is 3. The highest BCUT2D eigenvalue weighted by Gasteiger charge is 2.23. The fourth-order valence-electron chi connectivity index (χ4n) is 3.64. The Balaban J connectivity index is 1.92. The van der Waals surface area contributed by atoms with E-state index in [1.54, 1.807) is 60.7 Å². The fourth-order valence-corrected chi connectivity index (χ4v) is 3.64. The number of carbonyl (C=O) groups is 2.